The van der Waals surface area contributed by atoms with Crippen molar-refractivity contribution in [3.63, 3.8) is 0 Å². The summed E-state index contributed by atoms with van der Waals surface area (Å²) in [5.41, 5.74) is -3.36. The molecule has 0 radical (unpaired) electrons. The Bertz CT molecular complexity index is 878. The summed E-state index contributed by atoms with van der Waals surface area (Å²) in [6.07, 6.45) is -4.88. The topological polar surface area (TPSA) is 29.5 Å². The summed E-state index contributed by atoms with van der Waals surface area (Å²) in [4.78, 5) is 0. The standard InChI is InChI=1S/C19H14BrF3O2/c20-16-7-9-17(10-8-16)25-12-18(24,19(21,22)23)15-6-5-13-3-1-2-4-14(13)11-15/h1-11,24H,12H2. The molecule has 3 aromatic carbocycles. The second kappa shape index (κ2) is 6.69. The van der Waals surface area contributed by atoms with Gasteiger partial charge in [0.05, 0.1) is 0 Å². The van der Waals surface area contributed by atoms with Gasteiger partial charge < -0.3 is 9.84 Å². The van der Waals surface area contributed by atoms with Gasteiger partial charge >= 0.3 is 6.18 Å². The smallest absolute Gasteiger partial charge is 0.424 e. The fraction of sp³-hybridized carbons (Fsp3) is 0.158. The maximum Gasteiger partial charge on any atom is 0.424 e. The number of hydrogen-bond acceptors (Lipinski definition) is 2. The molecule has 0 aliphatic rings. The Hall–Kier alpha value is -2.05. The van der Waals surface area contributed by atoms with E-state index in [2.05, 4.69) is 15.9 Å². The van der Waals surface area contributed by atoms with Crippen LogP contribution in [0.3, 0.4) is 0 Å². The summed E-state index contributed by atoms with van der Waals surface area (Å²) >= 11 is 3.24. The lowest BCUT2D eigenvalue weighted by Gasteiger charge is -2.31. The molecule has 0 aromatic heterocycles. The first kappa shape index (κ1) is 17.8. The van der Waals surface area contributed by atoms with Crippen LogP contribution >= 0.6 is 15.9 Å². The lowest BCUT2D eigenvalue weighted by atomic mass is 9.92. The number of fused-ring (bicyclic) bond motifs is 1. The maximum atomic E-state index is 13.6. The van der Waals surface area contributed by atoms with Gasteiger partial charge in [-0.2, -0.15) is 13.2 Å². The highest BCUT2D eigenvalue weighted by atomic mass is 79.9. The van der Waals surface area contributed by atoms with Crippen molar-refractivity contribution in [3.05, 3.63) is 76.8 Å². The van der Waals surface area contributed by atoms with E-state index in [1.807, 2.05) is 0 Å². The van der Waals surface area contributed by atoms with Crippen LogP contribution in [0.4, 0.5) is 13.2 Å². The van der Waals surface area contributed by atoms with Crippen molar-refractivity contribution < 1.29 is 23.0 Å². The number of ether oxygens (including phenoxy) is 1. The van der Waals surface area contributed by atoms with Crippen molar-refractivity contribution in [1.29, 1.82) is 0 Å². The van der Waals surface area contributed by atoms with Crippen LogP contribution in [0.2, 0.25) is 0 Å². The van der Waals surface area contributed by atoms with Crippen LogP contribution in [0.5, 0.6) is 5.75 Å². The van der Waals surface area contributed by atoms with E-state index in [0.717, 1.165) is 9.86 Å². The predicted molar refractivity (Wildman–Crippen MR) is 93.5 cm³/mol. The monoisotopic (exact) mass is 410 g/mol. The van der Waals surface area contributed by atoms with Crippen LogP contribution in [0.1, 0.15) is 5.56 Å². The number of hydrogen-bond donors (Lipinski definition) is 1. The van der Waals surface area contributed by atoms with Crippen molar-refractivity contribution in [3.8, 4) is 5.75 Å². The zero-order chi connectivity index (χ0) is 18.1. The van der Waals surface area contributed by atoms with E-state index in [1.54, 1.807) is 42.5 Å². The molecule has 1 unspecified atom stereocenters. The first-order chi connectivity index (χ1) is 11.8. The van der Waals surface area contributed by atoms with Crippen molar-refractivity contribution >= 4 is 26.7 Å². The quantitative estimate of drug-likeness (QED) is 0.621. The van der Waals surface area contributed by atoms with E-state index in [9.17, 15) is 18.3 Å². The van der Waals surface area contributed by atoms with E-state index in [0.29, 0.717) is 5.39 Å². The van der Waals surface area contributed by atoms with Gasteiger partial charge in [0.1, 0.15) is 12.4 Å². The Kier molecular flexibility index (Phi) is 4.75. The molecule has 0 bridgehead atoms. The van der Waals surface area contributed by atoms with E-state index in [1.165, 1.54) is 24.3 Å². The van der Waals surface area contributed by atoms with Crippen LogP contribution in [0, 0.1) is 0 Å². The molecule has 0 saturated heterocycles. The number of rotatable bonds is 4. The Morgan fingerprint density at radius 3 is 2.16 bits per heavy atom. The lowest BCUT2D eigenvalue weighted by Crippen LogP contribution is -2.47. The molecule has 0 heterocycles. The normalized spacial score (nSPS) is 14.3. The summed E-state index contributed by atoms with van der Waals surface area (Å²) in [6, 6.07) is 17.6. The van der Waals surface area contributed by atoms with Gasteiger partial charge in [0.25, 0.3) is 0 Å². The van der Waals surface area contributed by atoms with Crippen LogP contribution in [0.25, 0.3) is 10.8 Å². The second-order valence-electron chi connectivity index (χ2n) is 5.66. The van der Waals surface area contributed by atoms with Crippen LogP contribution in [-0.2, 0) is 5.60 Å². The molecule has 0 spiro atoms. The van der Waals surface area contributed by atoms with Gasteiger partial charge in [-0.15, -0.1) is 0 Å². The highest BCUT2D eigenvalue weighted by Gasteiger charge is 2.56. The van der Waals surface area contributed by atoms with Crippen molar-refractivity contribution in [2.45, 2.75) is 11.8 Å². The number of halogens is 4. The molecule has 130 valence electrons. The highest BCUT2D eigenvalue weighted by molar-refractivity contribution is 9.10. The SMILES string of the molecule is OC(COc1ccc(Br)cc1)(c1ccc2ccccc2c1)C(F)(F)F. The zero-order valence-electron chi connectivity index (χ0n) is 12.9. The van der Waals surface area contributed by atoms with Crippen molar-refractivity contribution in [2.24, 2.45) is 0 Å². The number of alkyl halides is 3. The van der Waals surface area contributed by atoms with Crippen LogP contribution in [0.15, 0.2) is 71.2 Å². The zero-order valence-corrected chi connectivity index (χ0v) is 14.5. The first-order valence-electron chi connectivity index (χ1n) is 7.46. The number of benzene rings is 3. The molecular formula is C19H14BrF3O2. The Balaban J connectivity index is 1.95. The minimum atomic E-state index is -4.88. The Morgan fingerprint density at radius 1 is 0.880 bits per heavy atom. The summed E-state index contributed by atoms with van der Waals surface area (Å²) in [5, 5.41) is 11.8. The molecule has 1 N–H and O–H groups in total. The minimum absolute atomic E-state index is 0.242. The molecule has 0 saturated carbocycles. The van der Waals surface area contributed by atoms with Gasteiger partial charge in [-0.25, -0.2) is 0 Å². The van der Waals surface area contributed by atoms with Gasteiger partial charge in [-0.05, 0) is 46.7 Å². The molecule has 3 rings (SSSR count). The fourth-order valence-corrected chi connectivity index (χ4v) is 2.76. The predicted octanol–water partition coefficient (Wildman–Crippen LogP) is 5.43. The summed E-state index contributed by atoms with van der Waals surface area (Å²) < 4.78 is 46.9. The molecule has 25 heavy (non-hydrogen) atoms. The van der Waals surface area contributed by atoms with E-state index in [4.69, 9.17) is 4.74 Å². The summed E-state index contributed by atoms with van der Waals surface area (Å²) in [7, 11) is 0. The Labute approximate surface area is 151 Å². The van der Waals surface area contributed by atoms with Gasteiger partial charge in [-0.1, -0.05) is 52.3 Å². The van der Waals surface area contributed by atoms with Crippen molar-refractivity contribution in [2.75, 3.05) is 6.61 Å². The fourth-order valence-electron chi connectivity index (χ4n) is 2.49. The van der Waals surface area contributed by atoms with Gasteiger partial charge in [0.15, 0.2) is 0 Å². The molecule has 0 fully saturated rings. The highest BCUT2D eigenvalue weighted by Crippen LogP contribution is 2.40. The van der Waals surface area contributed by atoms with E-state index in [-0.39, 0.29) is 11.3 Å². The third kappa shape index (κ3) is 3.65. The molecule has 0 aliphatic carbocycles. The summed E-state index contributed by atoms with van der Waals surface area (Å²) in [5.74, 6) is 0.242. The third-order valence-electron chi connectivity index (χ3n) is 3.96. The summed E-state index contributed by atoms with van der Waals surface area (Å²) in [6.45, 7) is -0.934. The maximum absolute atomic E-state index is 13.6. The van der Waals surface area contributed by atoms with E-state index >= 15 is 0 Å². The average molecular weight is 411 g/mol. The molecular weight excluding hydrogens is 397 g/mol. The number of aliphatic hydroxyl groups is 1. The molecule has 6 heteroatoms. The largest absolute Gasteiger partial charge is 0.490 e. The van der Waals surface area contributed by atoms with E-state index < -0.39 is 18.4 Å². The molecule has 0 aliphatic heterocycles. The molecule has 2 nitrogen and oxygen atoms in total. The van der Waals surface area contributed by atoms with Gasteiger partial charge in [0, 0.05) is 4.47 Å². The molecule has 0 amide bonds. The third-order valence-corrected chi connectivity index (χ3v) is 4.49. The van der Waals surface area contributed by atoms with Gasteiger partial charge in [0.2, 0.25) is 5.60 Å². The second-order valence-corrected chi connectivity index (χ2v) is 6.58. The molecule has 1 atom stereocenters. The average Bonchev–Trinajstić information content (AvgIpc) is 2.59. The molecule has 3 aromatic rings. The Morgan fingerprint density at radius 2 is 1.52 bits per heavy atom. The van der Waals surface area contributed by atoms with Crippen LogP contribution < -0.4 is 4.74 Å². The van der Waals surface area contributed by atoms with Gasteiger partial charge in [-0.3, -0.25) is 0 Å². The van der Waals surface area contributed by atoms with Crippen LogP contribution in [-0.4, -0.2) is 17.9 Å². The first-order valence-corrected chi connectivity index (χ1v) is 8.26. The van der Waals surface area contributed by atoms with Crippen molar-refractivity contribution in [1.82, 2.24) is 0 Å². The lowest BCUT2D eigenvalue weighted by molar-refractivity contribution is -0.275. The minimum Gasteiger partial charge on any atom is -0.490 e.